The number of aliphatic hydroxyl groups excluding tert-OH is 1. The first-order valence-corrected chi connectivity index (χ1v) is 7.25. The zero-order valence-electron chi connectivity index (χ0n) is 11.4. The molecule has 0 bridgehead atoms. The number of aliphatic hydroxyl groups is 1. The molecule has 3 heteroatoms. The Hall–Kier alpha value is -0.120. The van der Waals surface area contributed by atoms with Crippen molar-refractivity contribution in [1.82, 2.24) is 10.2 Å². The molecule has 0 spiro atoms. The van der Waals surface area contributed by atoms with Gasteiger partial charge in [0.2, 0.25) is 0 Å². The number of hydrogen-bond acceptors (Lipinski definition) is 3. The lowest BCUT2D eigenvalue weighted by atomic mass is 9.96. The lowest BCUT2D eigenvalue weighted by molar-refractivity contribution is 0.0336. The van der Waals surface area contributed by atoms with Gasteiger partial charge in [-0.1, -0.05) is 25.7 Å². The fourth-order valence-corrected chi connectivity index (χ4v) is 3.40. The molecular weight excluding hydrogens is 212 g/mol. The molecule has 2 N–H and O–H groups in total. The average molecular weight is 240 g/mol. The molecule has 1 saturated heterocycles. The fourth-order valence-electron chi connectivity index (χ4n) is 3.40. The van der Waals surface area contributed by atoms with Crippen molar-refractivity contribution >= 4 is 0 Å². The highest BCUT2D eigenvalue weighted by atomic mass is 16.3. The molecule has 1 atom stereocenters. The molecule has 1 heterocycles. The van der Waals surface area contributed by atoms with Crippen molar-refractivity contribution < 1.29 is 5.11 Å². The standard InChI is InChI=1S/C14H28N2O/c1-14(2)11-15-9-13(17)10-16(14)12-7-5-3-4-6-8-12/h12-13,15,17H,3-11H2,1-2H3. The molecule has 2 fully saturated rings. The van der Waals surface area contributed by atoms with Crippen molar-refractivity contribution in [1.29, 1.82) is 0 Å². The third-order valence-electron chi connectivity index (χ3n) is 4.39. The molecule has 0 radical (unpaired) electrons. The summed E-state index contributed by atoms with van der Waals surface area (Å²) in [6.07, 6.45) is 7.94. The van der Waals surface area contributed by atoms with Gasteiger partial charge in [-0.15, -0.1) is 0 Å². The van der Waals surface area contributed by atoms with Gasteiger partial charge in [-0.3, -0.25) is 4.90 Å². The Morgan fingerprint density at radius 1 is 1.12 bits per heavy atom. The maximum Gasteiger partial charge on any atom is 0.0791 e. The molecule has 3 nitrogen and oxygen atoms in total. The predicted molar refractivity (Wildman–Crippen MR) is 71.2 cm³/mol. The lowest BCUT2D eigenvalue weighted by Crippen LogP contribution is -2.54. The van der Waals surface area contributed by atoms with Crippen LogP contribution in [-0.2, 0) is 0 Å². The summed E-state index contributed by atoms with van der Waals surface area (Å²) < 4.78 is 0. The Kier molecular flexibility index (Phi) is 4.45. The molecule has 0 aromatic heterocycles. The SMILES string of the molecule is CC1(C)CNCC(O)CN1C1CCCCCC1. The Balaban J connectivity index is 2.07. The minimum Gasteiger partial charge on any atom is -0.390 e. The van der Waals surface area contributed by atoms with Crippen LogP contribution in [0.5, 0.6) is 0 Å². The van der Waals surface area contributed by atoms with Crippen molar-refractivity contribution in [2.45, 2.75) is 70.1 Å². The van der Waals surface area contributed by atoms with Crippen LogP contribution in [0.25, 0.3) is 0 Å². The van der Waals surface area contributed by atoms with Crippen LogP contribution in [0.4, 0.5) is 0 Å². The van der Waals surface area contributed by atoms with E-state index in [1.165, 1.54) is 38.5 Å². The second-order valence-corrected chi connectivity index (χ2v) is 6.39. The van der Waals surface area contributed by atoms with Gasteiger partial charge in [0.25, 0.3) is 0 Å². The molecule has 1 saturated carbocycles. The molecule has 100 valence electrons. The van der Waals surface area contributed by atoms with E-state index in [1.54, 1.807) is 0 Å². The molecule has 1 unspecified atom stereocenters. The van der Waals surface area contributed by atoms with Gasteiger partial charge >= 0.3 is 0 Å². The van der Waals surface area contributed by atoms with Crippen LogP contribution in [0.15, 0.2) is 0 Å². The molecule has 0 aromatic carbocycles. The highest BCUT2D eigenvalue weighted by Crippen LogP contribution is 2.28. The summed E-state index contributed by atoms with van der Waals surface area (Å²) in [5, 5.41) is 13.4. The highest BCUT2D eigenvalue weighted by Gasteiger charge is 2.35. The summed E-state index contributed by atoms with van der Waals surface area (Å²) in [6, 6.07) is 0.682. The summed E-state index contributed by atoms with van der Waals surface area (Å²) >= 11 is 0. The molecule has 2 aliphatic rings. The summed E-state index contributed by atoms with van der Waals surface area (Å²) in [4.78, 5) is 2.57. The monoisotopic (exact) mass is 240 g/mol. The van der Waals surface area contributed by atoms with E-state index in [9.17, 15) is 5.11 Å². The van der Waals surface area contributed by atoms with Crippen LogP contribution in [0.2, 0.25) is 0 Å². The summed E-state index contributed by atoms with van der Waals surface area (Å²) in [5.74, 6) is 0. The van der Waals surface area contributed by atoms with Crippen LogP contribution in [0, 0.1) is 0 Å². The summed E-state index contributed by atoms with van der Waals surface area (Å²) in [6.45, 7) is 7.18. The van der Waals surface area contributed by atoms with Crippen molar-refractivity contribution in [3.63, 3.8) is 0 Å². The summed E-state index contributed by atoms with van der Waals surface area (Å²) in [7, 11) is 0. The highest BCUT2D eigenvalue weighted by molar-refractivity contribution is 4.93. The van der Waals surface area contributed by atoms with Crippen molar-refractivity contribution in [2.75, 3.05) is 19.6 Å². The van der Waals surface area contributed by atoms with E-state index in [0.717, 1.165) is 19.6 Å². The first kappa shape index (κ1) is 13.3. The molecule has 0 aromatic rings. The molecule has 17 heavy (non-hydrogen) atoms. The summed E-state index contributed by atoms with van der Waals surface area (Å²) in [5.41, 5.74) is 0.173. The predicted octanol–water partition coefficient (Wildman–Crippen LogP) is 1.75. The molecule has 2 rings (SSSR count). The molecule has 1 aliphatic carbocycles. The Labute approximate surface area is 106 Å². The normalized spacial score (nSPS) is 33.0. The second-order valence-electron chi connectivity index (χ2n) is 6.39. The number of β-amino-alcohol motifs (C(OH)–C–C–N with tert-alkyl or cyclic N) is 1. The first-order chi connectivity index (χ1) is 8.09. The quantitative estimate of drug-likeness (QED) is 0.686. The topological polar surface area (TPSA) is 35.5 Å². The van der Waals surface area contributed by atoms with Gasteiger partial charge in [-0.2, -0.15) is 0 Å². The molecule has 1 aliphatic heterocycles. The van der Waals surface area contributed by atoms with Gasteiger partial charge in [0.05, 0.1) is 6.10 Å². The minimum absolute atomic E-state index is 0.173. The third-order valence-corrected chi connectivity index (χ3v) is 4.39. The molecule has 0 amide bonds. The van der Waals surface area contributed by atoms with Crippen LogP contribution < -0.4 is 5.32 Å². The minimum atomic E-state index is -0.208. The lowest BCUT2D eigenvalue weighted by Gasteiger charge is -2.43. The van der Waals surface area contributed by atoms with Crippen molar-refractivity contribution in [3.05, 3.63) is 0 Å². The number of nitrogens with zero attached hydrogens (tertiary/aromatic N) is 1. The Bertz CT molecular complexity index is 234. The second kappa shape index (κ2) is 5.68. The van der Waals surface area contributed by atoms with E-state index in [-0.39, 0.29) is 11.6 Å². The largest absolute Gasteiger partial charge is 0.390 e. The Morgan fingerprint density at radius 3 is 2.41 bits per heavy atom. The first-order valence-electron chi connectivity index (χ1n) is 7.25. The van der Waals surface area contributed by atoms with Gasteiger partial charge in [0, 0.05) is 31.2 Å². The van der Waals surface area contributed by atoms with Gasteiger partial charge in [-0.05, 0) is 26.7 Å². The van der Waals surface area contributed by atoms with E-state index in [1.807, 2.05) is 0 Å². The fraction of sp³-hybridized carbons (Fsp3) is 1.00. The van der Waals surface area contributed by atoms with Crippen molar-refractivity contribution in [3.8, 4) is 0 Å². The number of nitrogens with one attached hydrogen (secondary N) is 1. The van der Waals surface area contributed by atoms with Crippen LogP contribution in [0.3, 0.4) is 0 Å². The average Bonchev–Trinajstić information content (AvgIpc) is 2.58. The van der Waals surface area contributed by atoms with Gasteiger partial charge in [0.1, 0.15) is 0 Å². The molecular formula is C14H28N2O. The maximum atomic E-state index is 9.99. The van der Waals surface area contributed by atoms with Gasteiger partial charge < -0.3 is 10.4 Å². The van der Waals surface area contributed by atoms with Crippen LogP contribution in [0.1, 0.15) is 52.4 Å². The number of rotatable bonds is 1. The van der Waals surface area contributed by atoms with Gasteiger partial charge in [0.15, 0.2) is 0 Å². The zero-order valence-corrected chi connectivity index (χ0v) is 11.4. The zero-order chi connectivity index (χ0) is 12.3. The van der Waals surface area contributed by atoms with E-state index < -0.39 is 0 Å². The van der Waals surface area contributed by atoms with E-state index >= 15 is 0 Å². The Morgan fingerprint density at radius 2 is 1.76 bits per heavy atom. The van der Waals surface area contributed by atoms with Gasteiger partial charge in [-0.25, -0.2) is 0 Å². The van der Waals surface area contributed by atoms with E-state index in [4.69, 9.17) is 0 Å². The number of hydrogen-bond donors (Lipinski definition) is 2. The van der Waals surface area contributed by atoms with Crippen molar-refractivity contribution in [2.24, 2.45) is 0 Å². The van der Waals surface area contributed by atoms with E-state index in [0.29, 0.717) is 6.04 Å². The third kappa shape index (κ3) is 3.43. The van der Waals surface area contributed by atoms with Crippen LogP contribution >= 0.6 is 0 Å². The van der Waals surface area contributed by atoms with Crippen LogP contribution in [-0.4, -0.2) is 47.3 Å². The smallest absolute Gasteiger partial charge is 0.0791 e. The maximum absolute atomic E-state index is 9.99. The van der Waals surface area contributed by atoms with E-state index in [2.05, 4.69) is 24.1 Å².